The Kier molecular flexibility index (Phi) is 5.08. The zero-order valence-corrected chi connectivity index (χ0v) is 14.4. The molecule has 2 unspecified atom stereocenters. The van der Waals surface area contributed by atoms with Crippen LogP contribution in [0.4, 0.5) is 4.39 Å². The van der Waals surface area contributed by atoms with Gasteiger partial charge in [0, 0.05) is 26.3 Å². The van der Waals surface area contributed by atoms with Crippen LogP contribution in [0.25, 0.3) is 0 Å². The molecule has 6 heteroatoms. The van der Waals surface area contributed by atoms with Crippen LogP contribution in [0.15, 0.2) is 24.3 Å². The lowest BCUT2D eigenvalue weighted by Gasteiger charge is -2.43. The van der Waals surface area contributed by atoms with Gasteiger partial charge < -0.3 is 14.7 Å². The van der Waals surface area contributed by atoms with Crippen molar-refractivity contribution in [3.05, 3.63) is 35.6 Å². The Labute approximate surface area is 146 Å². The van der Waals surface area contributed by atoms with Gasteiger partial charge in [-0.25, -0.2) is 4.39 Å². The minimum Gasteiger partial charge on any atom is -0.481 e. The average Bonchev–Trinajstić information content (AvgIpc) is 2.61. The third kappa shape index (κ3) is 3.40. The average molecular weight is 349 g/mol. The van der Waals surface area contributed by atoms with Gasteiger partial charge in [-0.05, 0) is 42.9 Å². The fraction of sp³-hybridized carbons (Fsp3) is 0.579. The molecule has 2 saturated heterocycles. The Hall–Kier alpha value is -1.95. The Morgan fingerprint density at radius 3 is 2.64 bits per heavy atom. The number of carboxylic acid groups (broad SMARTS) is 1. The first-order chi connectivity index (χ1) is 11.9. The number of amides is 1. The zero-order chi connectivity index (χ0) is 18.0. The second-order valence-corrected chi connectivity index (χ2v) is 7.17. The van der Waals surface area contributed by atoms with Crippen molar-refractivity contribution < 1.29 is 23.8 Å². The van der Waals surface area contributed by atoms with Gasteiger partial charge in [0.2, 0.25) is 5.91 Å². The molecule has 2 fully saturated rings. The van der Waals surface area contributed by atoms with Crippen LogP contribution < -0.4 is 0 Å². The van der Waals surface area contributed by atoms with E-state index >= 15 is 0 Å². The largest absolute Gasteiger partial charge is 0.481 e. The van der Waals surface area contributed by atoms with E-state index in [4.69, 9.17) is 4.74 Å². The monoisotopic (exact) mass is 349 g/mol. The molecule has 0 bridgehead atoms. The number of nitrogens with zero attached hydrogens (tertiary/aromatic N) is 1. The van der Waals surface area contributed by atoms with Crippen molar-refractivity contribution in [2.75, 3.05) is 26.3 Å². The van der Waals surface area contributed by atoms with E-state index in [0.717, 1.165) is 0 Å². The molecule has 25 heavy (non-hydrogen) atoms. The van der Waals surface area contributed by atoms with Crippen LogP contribution in [0, 0.1) is 17.7 Å². The molecule has 0 radical (unpaired) electrons. The molecule has 1 aromatic rings. The second kappa shape index (κ2) is 7.12. The standard InChI is InChI=1S/C19H24FNO4/c1-13-12-21(8-5-16(13)17(22)23)18(24)19(6-9-25-10-7-19)14-3-2-4-15(20)11-14/h2-4,11,13,16H,5-10,12H2,1H3,(H,22,23). The van der Waals surface area contributed by atoms with E-state index in [2.05, 4.69) is 0 Å². The maximum Gasteiger partial charge on any atom is 0.306 e. The van der Waals surface area contributed by atoms with Crippen molar-refractivity contribution in [3.63, 3.8) is 0 Å². The predicted molar refractivity (Wildman–Crippen MR) is 89.6 cm³/mol. The maximum atomic E-state index is 13.8. The Balaban J connectivity index is 1.87. The van der Waals surface area contributed by atoms with Crippen molar-refractivity contribution in [2.45, 2.75) is 31.6 Å². The molecule has 3 rings (SSSR count). The first kappa shape index (κ1) is 17.9. The lowest BCUT2D eigenvalue weighted by molar-refractivity contribution is -0.151. The summed E-state index contributed by atoms with van der Waals surface area (Å²) in [6.45, 7) is 3.65. The summed E-state index contributed by atoms with van der Waals surface area (Å²) in [6.07, 6.45) is 1.49. The topological polar surface area (TPSA) is 66.8 Å². The van der Waals surface area contributed by atoms with E-state index in [1.54, 1.807) is 17.0 Å². The summed E-state index contributed by atoms with van der Waals surface area (Å²) in [5.74, 6) is -1.69. The number of rotatable bonds is 3. The van der Waals surface area contributed by atoms with E-state index in [1.807, 2.05) is 6.92 Å². The SMILES string of the molecule is CC1CN(C(=O)C2(c3cccc(F)c3)CCOCC2)CCC1C(=O)O. The first-order valence-corrected chi connectivity index (χ1v) is 8.80. The number of benzene rings is 1. The quantitative estimate of drug-likeness (QED) is 0.910. The Morgan fingerprint density at radius 1 is 1.32 bits per heavy atom. The molecule has 5 nitrogen and oxygen atoms in total. The molecule has 0 aromatic heterocycles. The summed E-state index contributed by atoms with van der Waals surface area (Å²) in [6, 6.07) is 6.26. The molecular weight excluding hydrogens is 325 g/mol. The van der Waals surface area contributed by atoms with Crippen LogP contribution in [0.2, 0.25) is 0 Å². The molecule has 1 amide bonds. The fourth-order valence-corrected chi connectivity index (χ4v) is 4.13. The number of likely N-dealkylation sites (tertiary alicyclic amines) is 1. The van der Waals surface area contributed by atoms with Gasteiger partial charge in [0.25, 0.3) is 0 Å². The third-order valence-electron chi connectivity index (χ3n) is 5.64. The highest BCUT2D eigenvalue weighted by Crippen LogP contribution is 2.38. The highest BCUT2D eigenvalue weighted by molar-refractivity contribution is 5.88. The minimum absolute atomic E-state index is 0.0305. The van der Waals surface area contributed by atoms with Crippen LogP contribution >= 0.6 is 0 Å². The summed E-state index contributed by atoms with van der Waals surface area (Å²) < 4.78 is 19.2. The maximum absolute atomic E-state index is 13.8. The lowest BCUT2D eigenvalue weighted by atomic mass is 9.72. The number of hydrogen-bond donors (Lipinski definition) is 1. The third-order valence-corrected chi connectivity index (χ3v) is 5.64. The van der Waals surface area contributed by atoms with Gasteiger partial charge in [0.05, 0.1) is 11.3 Å². The van der Waals surface area contributed by atoms with Crippen LogP contribution in [0.3, 0.4) is 0 Å². The zero-order valence-electron chi connectivity index (χ0n) is 14.4. The fourth-order valence-electron chi connectivity index (χ4n) is 4.13. The van der Waals surface area contributed by atoms with Gasteiger partial charge >= 0.3 is 5.97 Å². The van der Waals surface area contributed by atoms with Crippen molar-refractivity contribution in [1.82, 2.24) is 4.90 Å². The van der Waals surface area contributed by atoms with Crippen LogP contribution in [0.1, 0.15) is 31.7 Å². The summed E-state index contributed by atoms with van der Waals surface area (Å²) in [7, 11) is 0. The molecule has 1 aromatic carbocycles. The number of piperidine rings is 1. The number of carbonyl (C=O) groups is 2. The normalized spacial score (nSPS) is 26.2. The number of carboxylic acids is 1. The minimum atomic E-state index is -0.800. The highest BCUT2D eigenvalue weighted by atomic mass is 19.1. The van der Waals surface area contributed by atoms with Gasteiger partial charge in [-0.15, -0.1) is 0 Å². The molecule has 136 valence electrons. The van der Waals surface area contributed by atoms with Gasteiger partial charge in [0.1, 0.15) is 5.82 Å². The van der Waals surface area contributed by atoms with Crippen LogP contribution in [-0.4, -0.2) is 48.2 Å². The van der Waals surface area contributed by atoms with E-state index in [-0.39, 0.29) is 17.6 Å². The van der Waals surface area contributed by atoms with Gasteiger partial charge in [0.15, 0.2) is 0 Å². The van der Waals surface area contributed by atoms with E-state index < -0.39 is 17.3 Å². The summed E-state index contributed by atoms with van der Waals surface area (Å²) in [5.41, 5.74) is -0.0929. The van der Waals surface area contributed by atoms with E-state index in [1.165, 1.54) is 12.1 Å². The summed E-state index contributed by atoms with van der Waals surface area (Å²) in [4.78, 5) is 26.5. The van der Waals surface area contributed by atoms with Crippen molar-refractivity contribution >= 4 is 11.9 Å². The van der Waals surface area contributed by atoms with Crippen LogP contribution in [-0.2, 0) is 19.7 Å². The number of aliphatic carboxylic acids is 1. The van der Waals surface area contributed by atoms with Gasteiger partial charge in [-0.1, -0.05) is 19.1 Å². The molecule has 2 atom stereocenters. The van der Waals surface area contributed by atoms with Crippen LogP contribution in [0.5, 0.6) is 0 Å². The lowest BCUT2D eigenvalue weighted by Crippen LogP contribution is -2.54. The van der Waals surface area contributed by atoms with E-state index in [0.29, 0.717) is 51.1 Å². The molecule has 0 saturated carbocycles. The molecule has 2 aliphatic rings. The molecular formula is C19H24FNO4. The molecule has 2 aliphatic heterocycles. The highest BCUT2D eigenvalue weighted by Gasteiger charge is 2.46. The van der Waals surface area contributed by atoms with E-state index in [9.17, 15) is 19.1 Å². The number of halogens is 1. The smallest absolute Gasteiger partial charge is 0.306 e. The molecule has 1 N–H and O–H groups in total. The second-order valence-electron chi connectivity index (χ2n) is 7.17. The molecule has 0 aliphatic carbocycles. The molecule has 2 heterocycles. The first-order valence-electron chi connectivity index (χ1n) is 8.80. The number of hydrogen-bond acceptors (Lipinski definition) is 3. The number of ether oxygens (including phenoxy) is 1. The predicted octanol–water partition coefficient (Wildman–Crippen LogP) is 2.44. The Bertz CT molecular complexity index is 657. The summed E-state index contributed by atoms with van der Waals surface area (Å²) in [5, 5.41) is 9.28. The van der Waals surface area contributed by atoms with Crippen molar-refractivity contribution in [3.8, 4) is 0 Å². The van der Waals surface area contributed by atoms with Gasteiger partial charge in [-0.2, -0.15) is 0 Å². The number of carbonyl (C=O) groups excluding carboxylic acids is 1. The summed E-state index contributed by atoms with van der Waals surface area (Å²) >= 11 is 0. The molecule has 0 spiro atoms. The Morgan fingerprint density at radius 2 is 2.04 bits per heavy atom. The van der Waals surface area contributed by atoms with Crippen molar-refractivity contribution in [2.24, 2.45) is 11.8 Å². The van der Waals surface area contributed by atoms with Gasteiger partial charge in [-0.3, -0.25) is 9.59 Å². The van der Waals surface area contributed by atoms with Crippen molar-refractivity contribution in [1.29, 1.82) is 0 Å².